The molecular formula is C14H24N4O. The van der Waals surface area contributed by atoms with E-state index in [2.05, 4.69) is 21.8 Å². The molecule has 5 heteroatoms. The molecule has 2 unspecified atom stereocenters. The number of aryl methyl sites for hydroxylation is 1. The van der Waals surface area contributed by atoms with E-state index < -0.39 is 0 Å². The lowest BCUT2D eigenvalue weighted by molar-refractivity contribution is 0.394. The Morgan fingerprint density at radius 1 is 1.42 bits per heavy atom. The summed E-state index contributed by atoms with van der Waals surface area (Å²) >= 11 is 0. The highest BCUT2D eigenvalue weighted by Gasteiger charge is 2.31. The zero-order valence-electron chi connectivity index (χ0n) is 12.1. The van der Waals surface area contributed by atoms with Crippen LogP contribution < -0.4 is 15.4 Å². The van der Waals surface area contributed by atoms with Crippen LogP contribution in [0.2, 0.25) is 0 Å². The summed E-state index contributed by atoms with van der Waals surface area (Å²) in [7, 11) is 1.64. The average Bonchev–Trinajstić information content (AvgIpc) is 2.87. The van der Waals surface area contributed by atoms with Gasteiger partial charge in [-0.15, -0.1) is 0 Å². The van der Waals surface area contributed by atoms with Crippen molar-refractivity contribution in [1.29, 1.82) is 0 Å². The van der Waals surface area contributed by atoms with E-state index in [0.29, 0.717) is 17.8 Å². The molecule has 1 aliphatic carbocycles. The van der Waals surface area contributed by atoms with Gasteiger partial charge < -0.3 is 15.4 Å². The number of methoxy groups -OCH3 is 1. The minimum absolute atomic E-state index is 0.494. The normalized spacial score (nSPS) is 22.5. The van der Waals surface area contributed by atoms with Gasteiger partial charge in [0.1, 0.15) is 11.6 Å². The summed E-state index contributed by atoms with van der Waals surface area (Å²) in [5, 5.41) is 0. The Morgan fingerprint density at radius 2 is 2.21 bits per heavy atom. The molecule has 1 aromatic rings. The fraction of sp³-hybridized carbons (Fsp3) is 0.714. The maximum atomic E-state index is 5.90. The first-order chi connectivity index (χ1) is 9.19. The van der Waals surface area contributed by atoms with E-state index in [1.165, 1.54) is 19.3 Å². The van der Waals surface area contributed by atoms with Crippen molar-refractivity contribution in [3.63, 3.8) is 0 Å². The van der Waals surface area contributed by atoms with Crippen molar-refractivity contribution in [1.82, 2.24) is 9.97 Å². The van der Waals surface area contributed by atoms with E-state index in [1.54, 1.807) is 7.11 Å². The molecule has 0 aromatic carbocycles. The van der Waals surface area contributed by atoms with Crippen molar-refractivity contribution < 1.29 is 4.74 Å². The summed E-state index contributed by atoms with van der Waals surface area (Å²) in [5.41, 5.74) is 5.90. The maximum Gasteiger partial charge on any atom is 0.218 e. The Morgan fingerprint density at radius 3 is 2.84 bits per heavy atom. The smallest absolute Gasteiger partial charge is 0.218 e. The Bertz CT molecular complexity index is 424. The lowest BCUT2D eigenvalue weighted by Gasteiger charge is -2.33. The Hall–Kier alpha value is -1.36. The van der Waals surface area contributed by atoms with Gasteiger partial charge in [-0.3, -0.25) is 0 Å². The number of aromatic nitrogens is 2. The van der Waals surface area contributed by atoms with Gasteiger partial charge in [-0.05, 0) is 39.2 Å². The number of hydrogen-bond acceptors (Lipinski definition) is 5. The molecule has 19 heavy (non-hydrogen) atoms. The number of hydrogen-bond donors (Lipinski definition) is 1. The van der Waals surface area contributed by atoms with Gasteiger partial charge in [-0.2, -0.15) is 4.98 Å². The molecule has 1 aliphatic rings. The second-order valence-corrected chi connectivity index (χ2v) is 5.10. The molecule has 0 saturated heterocycles. The van der Waals surface area contributed by atoms with Crippen LogP contribution in [0.15, 0.2) is 6.07 Å². The minimum Gasteiger partial charge on any atom is -0.481 e. The van der Waals surface area contributed by atoms with Crippen molar-refractivity contribution in [3.05, 3.63) is 11.9 Å². The van der Waals surface area contributed by atoms with E-state index in [-0.39, 0.29) is 0 Å². The molecule has 1 aromatic heterocycles. The van der Waals surface area contributed by atoms with Gasteiger partial charge in [0.2, 0.25) is 5.88 Å². The topological polar surface area (TPSA) is 64.3 Å². The van der Waals surface area contributed by atoms with Gasteiger partial charge >= 0.3 is 0 Å². The highest BCUT2D eigenvalue weighted by molar-refractivity contribution is 5.43. The van der Waals surface area contributed by atoms with Crippen molar-refractivity contribution in [2.45, 2.75) is 39.2 Å². The summed E-state index contributed by atoms with van der Waals surface area (Å²) in [4.78, 5) is 11.2. The van der Waals surface area contributed by atoms with Crippen molar-refractivity contribution in [2.24, 2.45) is 11.7 Å². The van der Waals surface area contributed by atoms with Crippen LogP contribution in [0.4, 0.5) is 5.82 Å². The second-order valence-electron chi connectivity index (χ2n) is 5.10. The van der Waals surface area contributed by atoms with Gasteiger partial charge in [0.25, 0.3) is 0 Å². The Balaban J connectivity index is 2.28. The third kappa shape index (κ3) is 2.97. The van der Waals surface area contributed by atoms with Crippen LogP contribution in [-0.4, -0.2) is 36.2 Å². The molecule has 1 heterocycles. The van der Waals surface area contributed by atoms with Crippen LogP contribution in [0.5, 0.6) is 5.88 Å². The lowest BCUT2D eigenvalue weighted by atomic mass is 10.0. The van der Waals surface area contributed by atoms with Gasteiger partial charge in [-0.25, -0.2) is 4.98 Å². The predicted molar refractivity (Wildman–Crippen MR) is 76.5 cm³/mol. The molecule has 2 rings (SSSR count). The van der Waals surface area contributed by atoms with Crippen LogP contribution in [0.3, 0.4) is 0 Å². The van der Waals surface area contributed by atoms with Gasteiger partial charge in [0.05, 0.1) is 7.11 Å². The van der Waals surface area contributed by atoms with E-state index in [4.69, 9.17) is 10.5 Å². The predicted octanol–water partition coefficient (Wildman–Crippen LogP) is 1.75. The van der Waals surface area contributed by atoms with E-state index >= 15 is 0 Å². The van der Waals surface area contributed by atoms with Gasteiger partial charge in [0.15, 0.2) is 0 Å². The first-order valence-electron chi connectivity index (χ1n) is 7.06. The summed E-state index contributed by atoms with van der Waals surface area (Å²) in [6.45, 7) is 5.74. The van der Waals surface area contributed by atoms with E-state index in [0.717, 1.165) is 24.7 Å². The zero-order valence-corrected chi connectivity index (χ0v) is 12.1. The number of rotatable bonds is 5. The summed E-state index contributed by atoms with van der Waals surface area (Å²) in [6.07, 6.45) is 3.67. The largest absolute Gasteiger partial charge is 0.481 e. The van der Waals surface area contributed by atoms with Crippen molar-refractivity contribution in [2.75, 3.05) is 25.1 Å². The number of nitrogens with two attached hydrogens (primary N) is 1. The summed E-state index contributed by atoms with van der Waals surface area (Å²) in [6, 6.07) is 2.41. The molecule has 0 bridgehead atoms. The van der Waals surface area contributed by atoms with Crippen LogP contribution >= 0.6 is 0 Å². The van der Waals surface area contributed by atoms with Crippen molar-refractivity contribution in [3.8, 4) is 5.88 Å². The molecule has 0 amide bonds. The van der Waals surface area contributed by atoms with E-state index in [1.807, 2.05) is 13.0 Å². The Kier molecular flexibility index (Phi) is 4.58. The first-order valence-corrected chi connectivity index (χ1v) is 7.06. The molecule has 0 aliphatic heterocycles. The number of anilines is 1. The third-order valence-electron chi connectivity index (χ3n) is 3.97. The molecule has 5 nitrogen and oxygen atoms in total. The van der Waals surface area contributed by atoms with Crippen LogP contribution in [0.1, 0.15) is 32.0 Å². The molecule has 0 radical (unpaired) electrons. The molecule has 2 N–H and O–H groups in total. The molecule has 1 fully saturated rings. The lowest BCUT2D eigenvalue weighted by Crippen LogP contribution is -2.41. The maximum absolute atomic E-state index is 5.90. The van der Waals surface area contributed by atoms with Crippen LogP contribution in [0, 0.1) is 12.8 Å². The highest BCUT2D eigenvalue weighted by Crippen LogP contribution is 2.32. The first kappa shape index (κ1) is 14.1. The van der Waals surface area contributed by atoms with Crippen LogP contribution in [-0.2, 0) is 0 Å². The summed E-state index contributed by atoms with van der Waals surface area (Å²) < 4.78 is 5.24. The van der Waals surface area contributed by atoms with Crippen LogP contribution in [0.25, 0.3) is 0 Å². The second kappa shape index (κ2) is 6.19. The zero-order chi connectivity index (χ0) is 13.8. The number of nitrogens with zero attached hydrogens (tertiary/aromatic N) is 3. The molecule has 2 atom stereocenters. The quantitative estimate of drug-likeness (QED) is 0.877. The molecule has 1 saturated carbocycles. The van der Waals surface area contributed by atoms with E-state index in [9.17, 15) is 0 Å². The fourth-order valence-electron chi connectivity index (χ4n) is 3.05. The van der Waals surface area contributed by atoms with Gasteiger partial charge in [0, 0.05) is 18.7 Å². The molecule has 0 spiro atoms. The Labute approximate surface area is 115 Å². The van der Waals surface area contributed by atoms with Crippen molar-refractivity contribution >= 4 is 5.82 Å². The monoisotopic (exact) mass is 264 g/mol. The molecule has 106 valence electrons. The highest BCUT2D eigenvalue weighted by atomic mass is 16.5. The third-order valence-corrected chi connectivity index (χ3v) is 3.97. The number of ether oxygens (including phenoxy) is 1. The molecular weight excluding hydrogens is 240 g/mol. The minimum atomic E-state index is 0.494. The fourth-order valence-corrected chi connectivity index (χ4v) is 3.05. The summed E-state index contributed by atoms with van der Waals surface area (Å²) in [5.74, 6) is 2.90. The average molecular weight is 264 g/mol. The standard InChI is InChI=1S/C14H24N4O/c1-4-18(12-7-5-6-11(12)9-15)13-8-14(19-3)17-10(2)16-13/h8,11-12H,4-7,9,15H2,1-3H3. The SMILES string of the molecule is CCN(c1cc(OC)nc(C)n1)C1CCCC1CN. The van der Waals surface area contributed by atoms with Gasteiger partial charge in [-0.1, -0.05) is 6.42 Å².